The minimum Gasteiger partial charge on any atom is -0.288 e. The smallest absolute Gasteiger partial charge is 0.259 e. The van der Waals surface area contributed by atoms with Gasteiger partial charge in [-0.2, -0.15) is 0 Å². The number of aromatic nitrogens is 2. The van der Waals surface area contributed by atoms with Gasteiger partial charge in [0, 0.05) is 21.5 Å². The van der Waals surface area contributed by atoms with E-state index >= 15 is 0 Å². The predicted molar refractivity (Wildman–Crippen MR) is 260 cm³/mol. The van der Waals surface area contributed by atoms with Crippen molar-refractivity contribution in [1.29, 1.82) is 0 Å². The van der Waals surface area contributed by atoms with E-state index in [1.54, 1.807) is 12.1 Å². The van der Waals surface area contributed by atoms with E-state index < -0.39 is 22.2 Å². The number of nitrogens with one attached hydrogen (secondary N) is 2. The summed E-state index contributed by atoms with van der Waals surface area (Å²) in [7, 11) is 0. The maximum atomic E-state index is 14.4. The zero-order valence-electron chi connectivity index (χ0n) is 39.0. The van der Waals surface area contributed by atoms with Crippen molar-refractivity contribution < 1.29 is 0 Å². The molecule has 0 aliphatic rings. The zero-order valence-corrected chi connectivity index (χ0v) is 39.0. The maximum absolute atomic E-state index is 14.4. The highest BCUT2D eigenvalue weighted by Gasteiger charge is 2.27. The fraction of sp³-hybridized carbons (Fsp3) is 0.741. The summed E-state index contributed by atoms with van der Waals surface area (Å²) in [6, 6.07) is 3.38. The summed E-state index contributed by atoms with van der Waals surface area (Å²) in [6.45, 7) is 9.08. The van der Waals surface area contributed by atoms with Crippen LogP contribution < -0.4 is 22.2 Å². The highest BCUT2D eigenvalue weighted by atomic mass is 16.2. The molecule has 0 saturated carbocycles. The number of unbranched alkanes of at least 4 members (excludes halogenated alkanes) is 24. The van der Waals surface area contributed by atoms with Gasteiger partial charge in [-0.1, -0.05) is 233 Å². The largest absolute Gasteiger partial charge is 0.288 e. The molecule has 0 aliphatic carbocycles. The van der Waals surface area contributed by atoms with E-state index in [0.717, 1.165) is 49.7 Å². The normalized spacial score (nSPS) is 13.1. The molecule has 0 amide bonds. The maximum Gasteiger partial charge on any atom is 0.259 e. The molecule has 0 radical (unpaired) electrons. The lowest BCUT2D eigenvalue weighted by atomic mass is 9.79. The number of hydrogen-bond acceptors (Lipinski definition) is 4. The molecule has 0 aliphatic heterocycles. The van der Waals surface area contributed by atoms with E-state index in [1.807, 2.05) is 0 Å². The average molecular weight is 827 g/mol. The molecule has 0 saturated heterocycles. The Bertz CT molecular complexity index is 1860. The molecule has 2 atom stereocenters. The van der Waals surface area contributed by atoms with Gasteiger partial charge in [0.05, 0.1) is 10.8 Å². The zero-order chi connectivity index (χ0) is 43.0. The monoisotopic (exact) mass is 827 g/mol. The molecule has 6 rings (SSSR count). The summed E-state index contributed by atoms with van der Waals surface area (Å²) >= 11 is 0. The Morgan fingerprint density at radius 1 is 0.333 bits per heavy atom. The first-order valence-electron chi connectivity index (χ1n) is 25.7. The van der Waals surface area contributed by atoms with E-state index in [-0.39, 0.29) is 0 Å². The molecule has 6 aromatic rings. The Balaban J connectivity index is 1.76. The summed E-state index contributed by atoms with van der Waals surface area (Å²) in [5.74, 6) is 0.772. The fourth-order valence-electron chi connectivity index (χ4n) is 10.4. The van der Waals surface area contributed by atoms with Crippen molar-refractivity contribution in [3.8, 4) is 0 Å². The second kappa shape index (κ2) is 28.6. The Kier molecular flexibility index (Phi) is 23.6. The van der Waals surface area contributed by atoms with Crippen LogP contribution in [0.3, 0.4) is 0 Å². The van der Waals surface area contributed by atoms with Crippen LogP contribution >= 0.6 is 0 Å². The summed E-state index contributed by atoms with van der Waals surface area (Å²) in [4.78, 5) is 61.3. The lowest BCUT2D eigenvalue weighted by Gasteiger charge is -2.24. The van der Waals surface area contributed by atoms with Gasteiger partial charge in [0.1, 0.15) is 0 Å². The van der Waals surface area contributed by atoms with E-state index in [1.165, 1.54) is 180 Å². The minimum atomic E-state index is -0.490. The van der Waals surface area contributed by atoms with Crippen LogP contribution in [0.5, 0.6) is 0 Å². The summed E-state index contributed by atoms with van der Waals surface area (Å²) in [6.07, 6.45) is 41.3. The van der Waals surface area contributed by atoms with Crippen LogP contribution in [0.2, 0.25) is 0 Å². The lowest BCUT2D eigenvalue weighted by molar-refractivity contribution is 0.391. The Hall–Kier alpha value is -3.02. The van der Waals surface area contributed by atoms with Gasteiger partial charge in [-0.3, -0.25) is 29.1 Å². The van der Waals surface area contributed by atoms with Crippen molar-refractivity contribution >= 4 is 32.3 Å². The van der Waals surface area contributed by atoms with Crippen molar-refractivity contribution in [3.63, 3.8) is 0 Å². The molecule has 2 N–H and O–H groups in total. The molecule has 0 fully saturated rings. The van der Waals surface area contributed by atoms with Crippen LogP contribution in [0.4, 0.5) is 0 Å². The number of rotatable bonds is 36. The predicted octanol–water partition coefficient (Wildman–Crippen LogP) is 15.0. The topological polar surface area (TPSA) is 99.9 Å². The Morgan fingerprint density at radius 2 is 0.583 bits per heavy atom. The highest BCUT2D eigenvalue weighted by molar-refractivity contribution is 6.24. The number of hydrogen-bond donors (Lipinski definition) is 2. The van der Waals surface area contributed by atoms with Gasteiger partial charge in [-0.15, -0.1) is 0 Å². The lowest BCUT2D eigenvalue weighted by Crippen LogP contribution is -2.15. The fourth-order valence-corrected chi connectivity index (χ4v) is 10.4. The number of fused-ring (bicyclic) bond motifs is 6. The van der Waals surface area contributed by atoms with Gasteiger partial charge >= 0.3 is 0 Å². The average Bonchev–Trinajstić information content (AvgIpc) is 3.54. The number of benzene rings is 2. The molecule has 4 aromatic heterocycles. The van der Waals surface area contributed by atoms with Crippen molar-refractivity contribution in [1.82, 2.24) is 9.97 Å². The second-order valence-electron chi connectivity index (χ2n) is 19.0. The molecule has 4 bridgehead atoms. The van der Waals surface area contributed by atoms with E-state index in [4.69, 9.17) is 0 Å². The van der Waals surface area contributed by atoms with Crippen molar-refractivity contribution in [2.24, 2.45) is 11.8 Å². The summed E-state index contributed by atoms with van der Waals surface area (Å²) in [5, 5.41) is 2.62. The molecule has 6 nitrogen and oxygen atoms in total. The minimum absolute atomic E-state index is 0.326. The molecule has 4 heterocycles. The standard InChI is InChI=1S/C54H86N2O4/c1-5-9-13-17-21-23-27-31-35-41(33-29-25-19-15-11-7-3)39-45-46(40-42(34-30-26-20-16-12-8-4)36-32-28-24-22-18-14-10-6-2)50-48-44-38-37-43(51(57)55-52(44)58)47(48)49(45)53(59)56-54(50)60/h37-38,41-42H,5-36,39-40H2,1-4H3,(H,55,57,58)(H,56,59,60). The van der Waals surface area contributed by atoms with E-state index in [0.29, 0.717) is 44.2 Å². The van der Waals surface area contributed by atoms with Gasteiger partial charge in [0.15, 0.2) is 0 Å². The van der Waals surface area contributed by atoms with Gasteiger partial charge < -0.3 is 0 Å². The van der Waals surface area contributed by atoms with E-state index in [2.05, 4.69) is 37.7 Å². The summed E-state index contributed by atoms with van der Waals surface area (Å²) < 4.78 is 0. The number of H-pyrrole nitrogens is 2. The van der Waals surface area contributed by atoms with Crippen LogP contribution in [0.1, 0.15) is 244 Å². The first-order valence-corrected chi connectivity index (χ1v) is 25.7. The second-order valence-corrected chi connectivity index (χ2v) is 19.0. The van der Waals surface area contributed by atoms with Crippen LogP contribution in [0.25, 0.3) is 32.3 Å². The molecule has 60 heavy (non-hydrogen) atoms. The van der Waals surface area contributed by atoms with Crippen molar-refractivity contribution in [2.75, 3.05) is 0 Å². The quantitative estimate of drug-likeness (QED) is 0.0446. The molecule has 336 valence electrons. The third-order valence-electron chi connectivity index (χ3n) is 13.9. The van der Waals surface area contributed by atoms with Crippen LogP contribution in [0, 0.1) is 11.8 Å². The van der Waals surface area contributed by atoms with Gasteiger partial charge in [0.2, 0.25) is 0 Å². The SMILES string of the molecule is CCCCCCCCCCC(CCCCCCCC)Cc1c(CC(CCCCCCCC)CCCCCCCCCC)c2c(=O)[nH]c(=O)c1c1c3ccc(c(=O)[nH]c3=O)c21. The summed E-state index contributed by atoms with van der Waals surface area (Å²) in [5.41, 5.74) is 0.166. The van der Waals surface area contributed by atoms with Gasteiger partial charge in [-0.05, 0) is 47.9 Å². The Labute approximate surface area is 363 Å². The van der Waals surface area contributed by atoms with E-state index in [9.17, 15) is 19.2 Å². The third kappa shape index (κ3) is 15.4. The van der Waals surface area contributed by atoms with Crippen LogP contribution in [-0.2, 0) is 12.8 Å². The molecule has 0 spiro atoms. The van der Waals surface area contributed by atoms with Crippen molar-refractivity contribution in [3.05, 3.63) is 64.7 Å². The van der Waals surface area contributed by atoms with Crippen LogP contribution in [-0.4, -0.2) is 9.97 Å². The van der Waals surface area contributed by atoms with Crippen molar-refractivity contribution in [2.45, 2.75) is 246 Å². The molecule has 2 unspecified atom stereocenters. The van der Waals surface area contributed by atoms with Crippen LogP contribution in [0.15, 0.2) is 31.3 Å². The third-order valence-corrected chi connectivity index (χ3v) is 13.9. The van der Waals surface area contributed by atoms with Gasteiger partial charge in [0.25, 0.3) is 22.2 Å². The Morgan fingerprint density at radius 3 is 0.867 bits per heavy atom. The van der Waals surface area contributed by atoms with Gasteiger partial charge in [-0.25, -0.2) is 0 Å². The number of aromatic amines is 2. The molecule has 2 aromatic carbocycles. The highest BCUT2D eigenvalue weighted by Crippen LogP contribution is 2.39. The molecule has 6 heteroatoms. The molecular formula is C54H86N2O4. The first-order chi connectivity index (χ1) is 29.4. The molecular weight excluding hydrogens is 741 g/mol. The first kappa shape index (κ1) is 49.6.